The number of anilines is 5. The van der Waals surface area contributed by atoms with Gasteiger partial charge in [0.05, 0.1) is 16.8 Å². The van der Waals surface area contributed by atoms with Crippen molar-refractivity contribution in [3.8, 4) is 22.3 Å². The first-order chi connectivity index (χ1) is 34.5. The summed E-state index contributed by atoms with van der Waals surface area (Å²) in [4.78, 5) is 4.90. The van der Waals surface area contributed by atoms with Gasteiger partial charge in [-0.05, 0) is 133 Å². The molecule has 3 aliphatic rings. The van der Waals surface area contributed by atoms with E-state index in [1.807, 2.05) is 0 Å². The Balaban J connectivity index is 0.913. The number of hydrogen-bond acceptors (Lipinski definition) is 2. The van der Waals surface area contributed by atoms with Gasteiger partial charge in [0.15, 0.2) is 0 Å². The molecule has 0 aromatic heterocycles. The number of fused-ring (bicyclic) bond motifs is 6. The molecule has 0 amide bonds. The molecule has 2 nitrogen and oxygen atoms in total. The number of rotatable bonds is 8. The summed E-state index contributed by atoms with van der Waals surface area (Å²) in [6.45, 7) is 4.80. The Morgan fingerprint density at radius 1 is 0.443 bits per heavy atom. The summed E-state index contributed by atoms with van der Waals surface area (Å²) < 4.78 is 0. The highest BCUT2D eigenvalue weighted by molar-refractivity contribution is 5.90. The van der Waals surface area contributed by atoms with E-state index in [2.05, 4.69) is 285 Å². The van der Waals surface area contributed by atoms with E-state index in [0.29, 0.717) is 5.92 Å². The van der Waals surface area contributed by atoms with E-state index in [4.69, 9.17) is 0 Å². The van der Waals surface area contributed by atoms with Gasteiger partial charge in [-0.3, -0.25) is 0 Å². The van der Waals surface area contributed by atoms with Crippen molar-refractivity contribution in [2.45, 2.75) is 37.0 Å². The first kappa shape index (κ1) is 41.7. The molecule has 334 valence electrons. The van der Waals surface area contributed by atoms with Crippen LogP contribution in [0.25, 0.3) is 33.0 Å². The molecular weight excluding hydrogens is 845 g/mol. The van der Waals surface area contributed by atoms with E-state index >= 15 is 0 Å². The van der Waals surface area contributed by atoms with Crippen molar-refractivity contribution in [1.82, 2.24) is 0 Å². The van der Waals surface area contributed by atoms with Gasteiger partial charge in [-0.15, -0.1) is 0 Å². The molecule has 0 radical (unpaired) electrons. The molecular formula is C68H52N2. The SMILES string of the molecule is CC1(C)c2ccccc2N(c2ccc(N(C3=CCC(c4ccc5ccccc5c4)C=C3)c3ccc(-c4ccccc4)cc3)cc2)c2ccc(C3(c4ccccc4)c4ccccc4-c4ccccc43)cc21. The van der Waals surface area contributed by atoms with Crippen molar-refractivity contribution < 1.29 is 0 Å². The van der Waals surface area contributed by atoms with Crippen molar-refractivity contribution >= 4 is 39.2 Å². The molecule has 10 aromatic rings. The Morgan fingerprint density at radius 3 is 1.70 bits per heavy atom. The molecule has 1 aliphatic heterocycles. The molecule has 0 fully saturated rings. The zero-order valence-corrected chi connectivity index (χ0v) is 39.5. The molecule has 10 aromatic carbocycles. The number of allylic oxidation sites excluding steroid dienone is 3. The van der Waals surface area contributed by atoms with Crippen LogP contribution in [0, 0.1) is 0 Å². The lowest BCUT2D eigenvalue weighted by molar-refractivity contribution is 0.627. The van der Waals surface area contributed by atoms with Crippen LogP contribution in [0.15, 0.2) is 267 Å². The fourth-order valence-electron chi connectivity index (χ4n) is 12.0. The minimum absolute atomic E-state index is 0.277. The molecule has 2 aliphatic carbocycles. The van der Waals surface area contributed by atoms with Gasteiger partial charge in [-0.1, -0.05) is 220 Å². The Kier molecular flexibility index (Phi) is 9.92. The number of hydrogen-bond donors (Lipinski definition) is 0. The molecule has 1 atom stereocenters. The lowest BCUT2D eigenvalue weighted by atomic mass is 9.65. The van der Waals surface area contributed by atoms with Gasteiger partial charge in [0.2, 0.25) is 0 Å². The van der Waals surface area contributed by atoms with Crippen molar-refractivity contribution in [1.29, 1.82) is 0 Å². The molecule has 1 unspecified atom stereocenters. The first-order valence-corrected chi connectivity index (χ1v) is 24.7. The molecule has 70 heavy (non-hydrogen) atoms. The maximum Gasteiger partial charge on any atom is 0.0713 e. The third kappa shape index (κ3) is 6.62. The highest BCUT2D eigenvalue weighted by atomic mass is 15.2. The van der Waals surface area contributed by atoms with Crippen LogP contribution in [-0.4, -0.2) is 0 Å². The predicted molar refractivity (Wildman–Crippen MR) is 293 cm³/mol. The van der Waals surface area contributed by atoms with Gasteiger partial charge in [-0.2, -0.15) is 0 Å². The average Bonchev–Trinajstić information content (AvgIpc) is 3.73. The van der Waals surface area contributed by atoms with E-state index in [9.17, 15) is 0 Å². The molecule has 13 rings (SSSR count). The summed E-state index contributed by atoms with van der Waals surface area (Å²) in [6, 6.07) is 90.0. The summed E-state index contributed by atoms with van der Waals surface area (Å²) in [7, 11) is 0. The van der Waals surface area contributed by atoms with E-state index in [-0.39, 0.29) is 5.41 Å². The van der Waals surface area contributed by atoms with Crippen LogP contribution in [0.3, 0.4) is 0 Å². The van der Waals surface area contributed by atoms with Gasteiger partial charge >= 0.3 is 0 Å². The number of benzene rings is 10. The maximum absolute atomic E-state index is 2.53. The quantitative estimate of drug-likeness (QED) is 0.150. The fourth-order valence-corrected chi connectivity index (χ4v) is 12.0. The smallest absolute Gasteiger partial charge is 0.0713 e. The number of nitrogens with zero attached hydrogens (tertiary/aromatic N) is 2. The standard InChI is InChI=1S/C68H52N2/c1-67(2)63-27-15-16-28-65(63)70(66-44-35-54(46-64(66)67)68(53-21-7-4-8-22-53)61-25-13-11-23-59(61)60-24-12-14-26-62(60)68)58-42-40-57(41-43-58)69(55-36-31-49(32-37-55)47-17-5-3-6-18-47)56-38-33-50(34-39-56)52-30-29-48-19-9-10-20-51(48)45-52/h3-33,35-46,50H,34H2,1-2H3. The molecule has 0 saturated carbocycles. The summed E-state index contributed by atoms with van der Waals surface area (Å²) in [6.07, 6.45) is 8.05. The van der Waals surface area contributed by atoms with E-state index in [1.54, 1.807) is 0 Å². The second kappa shape index (κ2) is 16.6. The van der Waals surface area contributed by atoms with Gasteiger partial charge in [0, 0.05) is 34.1 Å². The summed E-state index contributed by atoms with van der Waals surface area (Å²) in [5, 5.41) is 2.56. The topological polar surface area (TPSA) is 6.48 Å². The van der Waals surface area contributed by atoms with E-state index < -0.39 is 5.41 Å². The Bertz CT molecular complexity index is 3610. The van der Waals surface area contributed by atoms with Crippen LogP contribution < -0.4 is 9.80 Å². The van der Waals surface area contributed by atoms with Gasteiger partial charge in [-0.25, -0.2) is 0 Å². The van der Waals surface area contributed by atoms with Crippen molar-refractivity contribution in [3.63, 3.8) is 0 Å². The van der Waals surface area contributed by atoms with Crippen molar-refractivity contribution in [2.75, 3.05) is 9.80 Å². The predicted octanol–water partition coefficient (Wildman–Crippen LogP) is 17.7. The van der Waals surface area contributed by atoms with Crippen LogP contribution in [0.1, 0.15) is 65.1 Å². The van der Waals surface area contributed by atoms with E-state index in [1.165, 1.54) is 89.0 Å². The third-order valence-corrected chi connectivity index (χ3v) is 15.5. The number of para-hydroxylation sites is 1. The van der Waals surface area contributed by atoms with Crippen molar-refractivity contribution in [3.05, 3.63) is 306 Å². The zero-order chi connectivity index (χ0) is 46.8. The Morgan fingerprint density at radius 2 is 1.01 bits per heavy atom. The molecule has 1 heterocycles. The second-order valence-electron chi connectivity index (χ2n) is 19.6. The van der Waals surface area contributed by atoms with Gasteiger partial charge in [0.1, 0.15) is 0 Å². The molecule has 0 saturated heterocycles. The summed E-state index contributed by atoms with van der Waals surface area (Å²) in [5.41, 5.74) is 20.4. The van der Waals surface area contributed by atoms with Crippen LogP contribution >= 0.6 is 0 Å². The minimum atomic E-state index is -0.483. The van der Waals surface area contributed by atoms with Crippen LogP contribution in [0.2, 0.25) is 0 Å². The fraction of sp³-hybridized carbons (Fsp3) is 0.0882. The molecule has 0 bridgehead atoms. The maximum atomic E-state index is 2.53. The summed E-state index contributed by atoms with van der Waals surface area (Å²) >= 11 is 0. The lowest BCUT2D eigenvalue weighted by Gasteiger charge is -2.43. The van der Waals surface area contributed by atoms with Gasteiger partial charge in [0.25, 0.3) is 0 Å². The molecule has 0 N–H and O–H groups in total. The zero-order valence-electron chi connectivity index (χ0n) is 39.5. The first-order valence-electron chi connectivity index (χ1n) is 24.7. The molecule has 2 heteroatoms. The molecule has 0 spiro atoms. The highest BCUT2D eigenvalue weighted by Gasteiger charge is 2.47. The third-order valence-electron chi connectivity index (χ3n) is 15.5. The largest absolute Gasteiger partial charge is 0.311 e. The average molecular weight is 897 g/mol. The second-order valence-corrected chi connectivity index (χ2v) is 19.6. The Labute approximate surface area is 411 Å². The summed E-state index contributed by atoms with van der Waals surface area (Å²) in [5.74, 6) is 0.308. The van der Waals surface area contributed by atoms with Crippen LogP contribution in [0.4, 0.5) is 28.4 Å². The Hall–Kier alpha value is -8.46. The monoisotopic (exact) mass is 896 g/mol. The minimum Gasteiger partial charge on any atom is -0.311 e. The van der Waals surface area contributed by atoms with Gasteiger partial charge < -0.3 is 9.80 Å². The van der Waals surface area contributed by atoms with Crippen LogP contribution in [-0.2, 0) is 10.8 Å². The van der Waals surface area contributed by atoms with E-state index in [0.717, 1.165) is 23.5 Å². The van der Waals surface area contributed by atoms with Crippen molar-refractivity contribution in [2.24, 2.45) is 0 Å². The highest BCUT2D eigenvalue weighted by Crippen LogP contribution is 2.59. The van der Waals surface area contributed by atoms with Crippen LogP contribution in [0.5, 0.6) is 0 Å². The normalized spacial score (nSPS) is 15.9. The lowest BCUT2D eigenvalue weighted by Crippen LogP contribution is -2.33.